The van der Waals surface area contributed by atoms with Crippen molar-refractivity contribution >= 4 is 0 Å². The van der Waals surface area contributed by atoms with E-state index in [9.17, 15) is 0 Å². The molecule has 0 N–H and O–H groups in total. The number of pyridine rings is 1. The fourth-order valence-corrected chi connectivity index (χ4v) is 1.66. The molecule has 0 saturated heterocycles. The van der Waals surface area contributed by atoms with E-state index in [0.717, 1.165) is 17.7 Å². The second-order valence-corrected chi connectivity index (χ2v) is 4.16. The minimum atomic E-state index is 0.580. The Bertz CT molecular complexity index is 484. The molecule has 1 aromatic heterocycles. The first-order valence-corrected chi connectivity index (χ1v) is 5.83. The second-order valence-electron chi connectivity index (χ2n) is 4.16. The highest BCUT2D eigenvalue weighted by Crippen LogP contribution is 2.15. The van der Waals surface area contributed by atoms with Crippen molar-refractivity contribution in [3.8, 4) is 0 Å². The lowest BCUT2D eigenvalue weighted by Gasteiger charge is -2.10. The van der Waals surface area contributed by atoms with Crippen LogP contribution in [0.3, 0.4) is 0 Å². The van der Waals surface area contributed by atoms with Crippen molar-refractivity contribution in [2.45, 2.75) is 26.9 Å². The lowest BCUT2D eigenvalue weighted by Crippen LogP contribution is -1.97. The van der Waals surface area contributed by atoms with Crippen LogP contribution in [0.25, 0.3) is 0 Å². The van der Waals surface area contributed by atoms with Crippen molar-refractivity contribution in [1.29, 1.82) is 0 Å². The Balaban J connectivity index is 2.03. The minimum absolute atomic E-state index is 0.580. The van der Waals surface area contributed by atoms with Gasteiger partial charge in [0.05, 0.1) is 0 Å². The standard InChI is InChI=1S/C15H17NO/c1-12-9-16-10-14(13(12)2)11-17-15-7-5-3-4-6-8-15/h3-5,7-10H,6,11H2,1-2H3. The Morgan fingerprint density at radius 2 is 2.12 bits per heavy atom. The summed E-state index contributed by atoms with van der Waals surface area (Å²) in [5.41, 5.74) is 3.62. The highest BCUT2D eigenvalue weighted by molar-refractivity contribution is 5.29. The van der Waals surface area contributed by atoms with Crippen molar-refractivity contribution in [3.63, 3.8) is 0 Å². The SMILES string of the molecule is Cc1cncc(COC2=CCC=CC=C2)c1C. The van der Waals surface area contributed by atoms with Gasteiger partial charge in [0.2, 0.25) is 0 Å². The number of aryl methyl sites for hydroxylation is 1. The molecule has 0 unspecified atom stereocenters. The highest BCUT2D eigenvalue weighted by Gasteiger charge is 2.03. The van der Waals surface area contributed by atoms with Gasteiger partial charge in [0.15, 0.2) is 0 Å². The van der Waals surface area contributed by atoms with Gasteiger partial charge in [0.25, 0.3) is 0 Å². The molecular formula is C15H17NO. The first kappa shape index (κ1) is 11.6. The fourth-order valence-electron chi connectivity index (χ4n) is 1.66. The smallest absolute Gasteiger partial charge is 0.116 e. The monoisotopic (exact) mass is 227 g/mol. The zero-order valence-corrected chi connectivity index (χ0v) is 10.3. The molecule has 0 bridgehead atoms. The third kappa shape index (κ3) is 3.06. The molecule has 1 heterocycles. The molecule has 1 aromatic rings. The summed E-state index contributed by atoms with van der Waals surface area (Å²) < 4.78 is 5.78. The van der Waals surface area contributed by atoms with Gasteiger partial charge >= 0.3 is 0 Å². The molecule has 1 aliphatic carbocycles. The predicted molar refractivity (Wildman–Crippen MR) is 69.5 cm³/mol. The lowest BCUT2D eigenvalue weighted by atomic mass is 10.1. The van der Waals surface area contributed by atoms with Crippen LogP contribution < -0.4 is 0 Å². The first-order valence-electron chi connectivity index (χ1n) is 5.83. The predicted octanol–water partition coefficient (Wildman–Crippen LogP) is 3.62. The van der Waals surface area contributed by atoms with Crippen LogP contribution >= 0.6 is 0 Å². The van der Waals surface area contributed by atoms with Gasteiger partial charge in [0.1, 0.15) is 12.4 Å². The van der Waals surface area contributed by atoms with Crippen LogP contribution in [0.4, 0.5) is 0 Å². The first-order chi connectivity index (χ1) is 8.27. The van der Waals surface area contributed by atoms with Gasteiger partial charge in [-0.1, -0.05) is 18.2 Å². The van der Waals surface area contributed by atoms with Crippen molar-refractivity contribution in [2.24, 2.45) is 0 Å². The lowest BCUT2D eigenvalue weighted by molar-refractivity contribution is 0.209. The van der Waals surface area contributed by atoms with Crippen molar-refractivity contribution in [2.75, 3.05) is 0 Å². The van der Waals surface area contributed by atoms with Gasteiger partial charge in [0, 0.05) is 18.0 Å². The number of ether oxygens (including phenoxy) is 1. The van der Waals surface area contributed by atoms with Crippen molar-refractivity contribution in [1.82, 2.24) is 4.98 Å². The molecule has 1 aliphatic rings. The second kappa shape index (κ2) is 5.48. The fraction of sp³-hybridized carbons (Fsp3) is 0.267. The van der Waals surface area contributed by atoms with E-state index in [0.29, 0.717) is 6.61 Å². The average Bonchev–Trinajstić information content (AvgIpc) is 2.59. The minimum Gasteiger partial charge on any atom is -0.489 e. The van der Waals surface area contributed by atoms with Crippen molar-refractivity contribution < 1.29 is 4.74 Å². The summed E-state index contributed by atoms with van der Waals surface area (Å²) in [7, 11) is 0. The number of allylic oxidation sites excluding steroid dienone is 5. The Labute approximate surface area is 102 Å². The molecule has 17 heavy (non-hydrogen) atoms. The molecule has 0 radical (unpaired) electrons. The summed E-state index contributed by atoms with van der Waals surface area (Å²) in [5, 5.41) is 0. The number of nitrogens with zero attached hydrogens (tertiary/aromatic N) is 1. The van der Waals surface area contributed by atoms with Gasteiger partial charge in [-0.3, -0.25) is 4.98 Å². The van der Waals surface area contributed by atoms with E-state index >= 15 is 0 Å². The summed E-state index contributed by atoms with van der Waals surface area (Å²) in [6.45, 7) is 4.76. The molecule has 0 saturated carbocycles. The van der Waals surface area contributed by atoms with Gasteiger partial charge in [-0.2, -0.15) is 0 Å². The zero-order chi connectivity index (χ0) is 12.1. The van der Waals surface area contributed by atoms with E-state index in [4.69, 9.17) is 4.74 Å². The molecule has 2 heteroatoms. The average molecular weight is 227 g/mol. The van der Waals surface area contributed by atoms with E-state index in [-0.39, 0.29) is 0 Å². The molecule has 0 aromatic carbocycles. The summed E-state index contributed by atoms with van der Waals surface area (Å²) in [6.07, 6.45) is 14.9. The highest BCUT2D eigenvalue weighted by atomic mass is 16.5. The van der Waals surface area contributed by atoms with E-state index in [1.54, 1.807) is 0 Å². The molecule has 88 valence electrons. The summed E-state index contributed by atoms with van der Waals surface area (Å²) in [6, 6.07) is 0. The van der Waals surface area contributed by atoms with Crippen LogP contribution in [0.5, 0.6) is 0 Å². The molecule has 0 fully saturated rings. The van der Waals surface area contributed by atoms with E-state index < -0.39 is 0 Å². The molecule has 0 spiro atoms. The number of aromatic nitrogens is 1. The van der Waals surface area contributed by atoms with E-state index in [1.807, 2.05) is 30.6 Å². The van der Waals surface area contributed by atoms with Crippen LogP contribution in [-0.4, -0.2) is 4.98 Å². The number of hydrogen-bond acceptors (Lipinski definition) is 2. The molecular weight excluding hydrogens is 210 g/mol. The van der Waals surface area contributed by atoms with Gasteiger partial charge < -0.3 is 4.74 Å². The third-order valence-electron chi connectivity index (χ3n) is 2.93. The van der Waals surface area contributed by atoms with Crippen LogP contribution in [0.1, 0.15) is 23.1 Å². The van der Waals surface area contributed by atoms with Gasteiger partial charge in [-0.05, 0) is 43.5 Å². The Kier molecular flexibility index (Phi) is 3.76. The zero-order valence-electron chi connectivity index (χ0n) is 10.3. The maximum absolute atomic E-state index is 5.78. The Morgan fingerprint density at radius 3 is 3.00 bits per heavy atom. The van der Waals surface area contributed by atoms with Crippen molar-refractivity contribution in [3.05, 3.63) is 65.2 Å². The van der Waals surface area contributed by atoms with Crippen LogP contribution in [0.15, 0.2) is 48.5 Å². The molecule has 0 aliphatic heterocycles. The van der Waals surface area contributed by atoms with Gasteiger partial charge in [-0.25, -0.2) is 0 Å². The quantitative estimate of drug-likeness (QED) is 0.787. The number of rotatable bonds is 3. The van der Waals surface area contributed by atoms with E-state index in [1.165, 1.54) is 11.1 Å². The summed E-state index contributed by atoms with van der Waals surface area (Å²) in [4.78, 5) is 4.20. The normalized spacial score (nSPS) is 14.4. The van der Waals surface area contributed by atoms with Crippen LogP contribution in [-0.2, 0) is 11.3 Å². The van der Waals surface area contributed by atoms with Crippen LogP contribution in [0, 0.1) is 13.8 Å². The van der Waals surface area contributed by atoms with Gasteiger partial charge in [-0.15, -0.1) is 0 Å². The molecule has 2 rings (SSSR count). The summed E-state index contributed by atoms with van der Waals surface area (Å²) in [5.74, 6) is 0.927. The van der Waals surface area contributed by atoms with Crippen LogP contribution in [0.2, 0.25) is 0 Å². The Morgan fingerprint density at radius 1 is 1.24 bits per heavy atom. The maximum Gasteiger partial charge on any atom is 0.116 e. The maximum atomic E-state index is 5.78. The molecule has 0 atom stereocenters. The molecule has 0 amide bonds. The summed E-state index contributed by atoms with van der Waals surface area (Å²) >= 11 is 0. The van der Waals surface area contributed by atoms with E-state index in [2.05, 4.69) is 31.0 Å². The third-order valence-corrected chi connectivity index (χ3v) is 2.93. The largest absolute Gasteiger partial charge is 0.489 e. The number of hydrogen-bond donors (Lipinski definition) is 0. The molecule has 2 nitrogen and oxygen atoms in total. The Hall–Kier alpha value is -1.83. The topological polar surface area (TPSA) is 22.1 Å².